The van der Waals surface area contributed by atoms with Crippen LogP contribution in [0.2, 0.25) is 0 Å². The number of hydrogen-bond donors (Lipinski definition) is 1. The fourth-order valence-corrected chi connectivity index (χ4v) is 3.10. The lowest BCUT2D eigenvalue weighted by Crippen LogP contribution is -1.97. The average Bonchev–Trinajstić information content (AvgIpc) is 3.05. The van der Waals surface area contributed by atoms with Crippen LogP contribution in [0.5, 0.6) is 11.5 Å². The summed E-state index contributed by atoms with van der Waals surface area (Å²) in [7, 11) is 1.68. The van der Waals surface area contributed by atoms with Crippen molar-refractivity contribution < 1.29 is 9.84 Å². The second kappa shape index (κ2) is 6.36. The van der Waals surface area contributed by atoms with Crippen LogP contribution in [-0.4, -0.2) is 16.8 Å². The zero-order chi connectivity index (χ0) is 17.2. The number of ether oxygens (including phenoxy) is 1. The van der Waals surface area contributed by atoms with Crippen LogP contribution in [0.15, 0.2) is 79.0 Å². The van der Waals surface area contributed by atoms with Crippen LogP contribution in [0.25, 0.3) is 22.0 Å². The lowest BCUT2D eigenvalue weighted by molar-refractivity contribution is 0.414. The molecule has 0 aliphatic heterocycles. The van der Waals surface area contributed by atoms with Gasteiger partial charge in [-0.3, -0.25) is 0 Å². The minimum absolute atomic E-state index is 0.287. The van der Waals surface area contributed by atoms with Gasteiger partial charge in [0.25, 0.3) is 0 Å². The van der Waals surface area contributed by atoms with Crippen LogP contribution in [0.4, 0.5) is 0 Å². The van der Waals surface area contributed by atoms with E-state index in [4.69, 9.17) is 4.74 Å². The number of aromatic hydroxyl groups is 1. The molecule has 1 aromatic heterocycles. The molecule has 0 spiro atoms. The Morgan fingerprint density at radius 2 is 1.56 bits per heavy atom. The fraction of sp³-hybridized carbons (Fsp3) is 0.0909. The molecule has 0 bridgehead atoms. The molecule has 4 aromatic rings. The van der Waals surface area contributed by atoms with Crippen molar-refractivity contribution >= 4 is 10.9 Å². The molecule has 0 atom stereocenters. The first-order valence-corrected chi connectivity index (χ1v) is 8.24. The molecule has 3 heteroatoms. The molecule has 124 valence electrons. The van der Waals surface area contributed by atoms with Gasteiger partial charge in [-0.1, -0.05) is 30.3 Å². The number of benzene rings is 3. The smallest absolute Gasteiger partial charge is 0.118 e. The lowest BCUT2D eigenvalue weighted by atomic mass is 10.0. The van der Waals surface area contributed by atoms with Gasteiger partial charge < -0.3 is 14.4 Å². The third-order valence-corrected chi connectivity index (χ3v) is 4.48. The van der Waals surface area contributed by atoms with Crippen molar-refractivity contribution in [2.24, 2.45) is 0 Å². The Bertz CT molecular complexity index is 999. The third kappa shape index (κ3) is 3.09. The summed E-state index contributed by atoms with van der Waals surface area (Å²) >= 11 is 0. The number of rotatable bonds is 4. The molecule has 4 rings (SSSR count). The molecule has 25 heavy (non-hydrogen) atoms. The van der Waals surface area contributed by atoms with Crippen molar-refractivity contribution in [1.29, 1.82) is 0 Å². The molecule has 0 amide bonds. The molecule has 0 unspecified atom stereocenters. The van der Waals surface area contributed by atoms with Crippen molar-refractivity contribution in [3.8, 4) is 22.6 Å². The first-order valence-electron chi connectivity index (χ1n) is 8.24. The Balaban J connectivity index is 1.64. The van der Waals surface area contributed by atoms with Crippen LogP contribution in [0.3, 0.4) is 0 Å². The van der Waals surface area contributed by atoms with E-state index in [1.165, 1.54) is 16.5 Å². The first kappa shape index (κ1) is 15.3. The summed E-state index contributed by atoms with van der Waals surface area (Å²) in [5.74, 6) is 1.16. The zero-order valence-corrected chi connectivity index (χ0v) is 14.0. The van der Waals surface area contributed by atoms with Crippen molar-refractivity contribution in [2.45, 2.75) is 6.54 Å². The van der Waals surface area contributed by atoms with Gasteiger partial charge in [0.1, 0.15) is 11.5 Å². The van der Waals surface area contributed by atoms with E-state index in [0.717, 1.165) is 23.4 Å². The maximum Gasteiger partial charge on any atom is 0.118 e. The Kier molecular flexibility index (Phi) is 3.90. The summed E-state index contributed by atoms with van der Waals surface area (Å²) in [6.45, 7) is 0.825. The molecule has 0 saturated carbocycles. The average molecular weight is 329 g/mol. The van der Waals surface area contributed by atoms with Gasteiger partial charge in [0.15, 0.2) is 0 Å². The maximum absolute atomic E-state index is 9.44. The van der Waals surface area contributed by atoms with Crippen molar-refractivity contribution in [1.82, 2.24) is 4.57 Å². The van der Waals surface area contributed by atoms with E-state index in [0.29, 0.717) is 0 Å². The van der Waals surface area contributed by atoms with Gasteiger partial charge in [0.05, 0.1) is 7.11 Å². The largest absolute Gasteiger partial charge is 0.508 e. The van der Waals surface area contributed by atoms with Gasteiger partial charge in [0.2, 0.25) is 0 Å². The highest BCUT2D eigenvalue weighted by Crippen LogP contribution is 2.27. The van der Waals surface area contributed by atoms with Crippen molar-refractivity contribution in [3.63, 3.8) is 0 Å². The second-order valence-electron chi connectivity index (χ2n) is 6.11. The molecule has 0 radical (unpaired) electrons. The SMILES string of the molecule is COc1ccc(Cn2ccc3cc(-c4ccc(O)cc4)ccc32)cc1. The lowest BCUT2D eigenvalue weighted by Gasteiger charge is -2.08. The fourth-order valence-electron chi connectivity index (χ4n) is 3.10. The predicted octanol–water partition coefficient (Wildman–Crippen LogP) is 5.07. The summed E-state index contributed by atoms with van der Waals surface area (Å²) in [6, 6.07) is 24.1. The summed E-state index contributed by atoms with van der Waals surface area (Å²) in [6.07, 6.45) is 2.12. The Hall–Kier alpha value is -3.20. The highest BCUT2D eigenvalue weighted by Gasteiger charge is 2.05. The molecular formula is C22H19NO2. The highest BCUT2D eigenvalue weighted by molar-refractivity contribution is 5.85. The molecule has 3 nitrogen and oxygen atoms in total. The van der Waals surface area contributed by atoms with E-state index in [9.17, 15) is 5.11 Å². The van der Waals surface area contributed by atoms with Crippen LogP contribution >= 0.6 is 0 Å². The number of aromatic nitrogens is 1. The molecule has 0 fully saturated rings. The van der Waals surface area contributed by atoms with E-state index in [1.807, 2.05) is 24.3 Å². The highest BCUT2D eigenvalue weighted by atomic mass is 16.5. The second-order valence-corrected chi connectivity index (χ2v) is 6.11. The normalized spacial score (nSPS) is 10.9. The summed E-state index contributed by atoms with van der Waals surface area (Å²) in [4.78, 5) is 0. The molecule has 0 aliphatic rings. The summed E-state index contributed by atoms with van der Waals surface area (Å²) in [5.41, 5.74) is 4.69. The van der Waals surface area contributed by atoms with Crippen LogP contribution in [0, 0.1) is 0 Å². The molecule has 1 N–H and O–H groups in total. The van der Waals surface area contributed by atoms with Gasteiger partial charge in [0, 0.05) is 23.6 Å². The number of phenols is 1. The minimum atomic E-state index is 0.287. The summed E-state index contributed by atoms with van der Waals surface area (Å²) in [5, 5.41) is 10.6. The first-order chi connectivity index (χ1) is 12.2. The van der Waals surface area contributed by atoms with Gasteiger partial charge >= 0.3 is 0 Å². The van der Waals surface area contributed by atoms with Crippen molar-refractivity contribution in [2.75, 3.05) is 7.11 Å². The Labute approximate surface area is 146 Å². The van der Waals surface area contributed by atoms with Crippen LogP contribution in [0.1, 0.15) is 5.56 Å². The number of phenolic OH excluding ortho intramolecular Hbond substituents is 1. The van der Waals surface area contributed by atoms with E-state index >= 15 is 0 Å². The van der Waals surface area contributed by atoms with Crippen LogP contribution < -0.4 is 4.74 Å². The monoisotopic (exact) mass is 329 g/mol. The van der Waals surface area contributed by atoms with Gasteiger partial charge in [-0.05, 0) is 59.2 Å². The van der Waals surface area contributed by atoms with Gasteiger partial charge in [-0.25, -0.2) is 0 Å². The predicted molar refractivity (Wildman–Crippen MR) is 101 cm³/mol. The van der Waals surface area contributed by atoms with Crippen LogP contribution in [-0.2, 0) is 6.54 Å². The molecular weight excluding hydrogens is 310 g/mol. The standard InChI is InChI=1S/C22H19NO2/c1-25-21-9-2-16(3-10-21)15-23-13-12-19-14-18(6-11-22(19)23)17-4-7-20(24)8-5-17/h2-14,24H,15H2,1H3. The zero-order valence-electron chi connectivity index (χ0n) is 14.0. The summed E-state index contributed by atoms with van der Waals surface area (Å²) < 4.78 is 7.46. The number of nitrogens with zero attached hydrogens (tertiary/aromatic N) is 1. The van der Waals surface area contributed by atoms with E-state index in [-0.39, 0.29) is 5.75 Å². The maximum atomic E-state index is 9.44. The molecule has 1 heterocycles. The minimum Gasteiger partial charge on any atom is -0.508 e. The van der Waals surface area contributed by atoms with E-state index in [1.54, 1.807) is 19.2 Å². The molecule has 0 aliphatic carbocycles. The number of fused-ring (bicyclic) bond motifs is 1. The number of hydrogen-bond acceptors (Lipinski definition) is 2. The molecule has 0 saturated heterocycles. The van der Waals surface area contributed by atoms with E-state index in [2.05, 4.69) is 47.2 Å². The van der Waals surface area contributed by atoms with Gasteiger partial charge in [-0.15, -0.1) is 0 Å². The Morgan fingerprint density at radius 1 is 0.840 bits per heavy atom. The topological polar surface area (TPSA) is 34.4 Å². The quantitative estimate of drug-likeness (QED) is 0.567. The van der Waals surface area contributed by atoms with Gasteiger partial charge in [-0.2, -0.15) is 0 Å². The number of methoxy groups -OCH3 is 1. The third-order valence-electron chi connectivity index (χ3n) is 4.48. The Morgan fingerprint density at radius 3 is 2.28 bits per heavy atom. The molecule has 3 aromatic carbocycles. The van der Waals surface area contributed by atoms with Crippen molar-refractivity contribution in [3.05, 3.63) is 84.6 Å². The van der Waals surface area contributed by atoms with E-state index < -0.39 is 0 Å².